The number of nitrogens with zero attached hydrogens (tertiary/aromatic N) is 1. The number of fused-ring (bicyclic) bond motifs is 1. The molecule has 6 rings (SSSR count). The number of nitrogens with one attached hydrogen (secondary N) is 2. The molecule has 2 aliphatic heterocycles. The lowest BCUT2D eigenvalue weighted by atomic mass is 9.69. The predicted molar refractivity (Wildman–Crippen MR) is 204 cm³/mol. The maximum absolute atomic E-state index is 14.5. The van der Waals surface area contributed by atoms with Gasteiger partial charge in [-0.2, -0.15) is 0 Å². The zero-order chi connectivity index (χ0) is 41.5. The highest BCUT2D eigenvalue weighted by molar-refractivity contribution is 7.90. The quantitative estimate of drug-likeness (QED) is 0.196. The van der Waals surface area contributed by atoms with Gasteiger partial charge in [-0.1, -0.05) is 44.2 Å². The Kier molecular flexibility index (Phi) is 11.5. The van der Waals surface area contributed by atoms with E-state index in [1.54, 1.807) is 31.2 Å². The summed E-state index contributed by atoms with van der Waals surface area (Å²) in [6, 6.07) is 8.48. The molecule has 2 saturated carbocycles. The van der Waals surface area contributed by atoms with E-state index in [1.807, 2.05) is 6.07 Å². The third-order valence-electron chi connectivity index (χ3n) is 13.1. The van der Waals surface area contributed by atoms with E-state index < -0.39 is 69.1 Å². The van der Waals surface area contributed by atoms with Crippen molar-refractivity contribution in [2.24, 2.45) is 16.7 Å². The van der Waals surface area contributed by atoms with Crippen molar-refractivity contribution in [1.82, 2.24) is 14.6 Å². The molecule has 0 unspecified atom stereocenters. The van der Waals surface area contributed by atoms with E-state index in [1.165, 1.54) is 21.3 Å². The predicted octanol–water partition coefficient (Wildman–Crippen LogP) is 3.63. The molecule has 15 nitrogen and oxygen atoms in total. The lowest BCUT2D eigenvalue weighted by molar-refractivity contribution is -0.141. The molecule has 2 aliphatic carbocycles. The maximum atomic E-state index is 14.5. The topological polar surface area (TPSA) is 205 Å². The highest BCUT2D eigenvalue weighted by atomic mass is 32.2. The van der Waals surface area contributed by atoms with E-state index >= 15 is 0 Å². The smallest absolute Gasteiger partial charge is 0.355 e. The minimum Gasteiger partial charge on any atom is -0.469 e. The summed E-state index contributed by atoms with van der Waals surface area (Å²) in [6.07, 6.45) is 0.900. The van der Waals surface area contributed by atoms with Gasteiger partial charge in [0.15, 0.2) is 0 Å². The minimum atomic E-state index is -4.00. The normalized spacial score (nSPS) is 25.2. The molecule has 1 aromatic heterocycles. The largest absolute Gasteiger partial charge is 0.469 e. The Bertz CT molecular complexity index is 2120. The number of hydrogen-bond donors (Lipinski definition) is 2. The number of H-pyrrole nitrogens is 1. The van der Waals surface area contributed by atoms with Gasteiger partial charge in [0.1, 0.15) is 12.3 Å². The van der Waals surface area contributed by atoms with Crippen LogP contribution in [0, 0.1) is 16.7 Å². The van der Waals surface area contributed by atoms with Crippen molar-refractivity contribution in [2.45, 2.75) is 103 Å². The molecule has 0 radical (unpaired) electrons. The number of benzene rings is 1. The molecule has 57 heavy (non-hydrogen) atoms. The van der Waals surface area contributed by atoms with Crippen LogP contribution in [0.1, 0.15) is 98.6 Å². The van der Waals surface area contributed by atoms with E-state index in [-0.39, 0.29) is 84.6 Å². The number of rotatable bonds is 15. The first kappa shape index (κ1) is 41.6. The van der Waals surface area contributed by atoms with Crippen LogP contribution in [0.4, 0.5) is 0 Å². The first-order chi connectivity index (χ1) is 26.9. The molecule has 2 amide bonds. The second-order valence-electron chi connectivity index (χ2n) is 16.3. The van der Waals surface area contributed by atoms with Gasteiger partial charge in [0, 0.05) is 35.9 Å². The van der Waals surface area contributed by atoms with Crippen molar-refractivity contribution >= 4 is 45.7 Å². The Hall–Kier alpha value is -4.99. The van der Waals surface area contributed by atoms with Crippen LogP contribution in [0.25, 0.3) is 0 Å². The molecule has 3 fully saturated rings. The summed E-state index contributed by atoms with van der Waals surface area (Å²) in [4.78, 5) is 82.8. The van der Waals surface area contributed by atoms with E-state index in [2.05, 4.69) is 24.1 Å². The fourth-order valence-corrected chi connectivity index (χ4v) is 12.5. The Balaban J connectivity index is 1.40. The molecule has 2 bridgehead atoms. The molecular formula is C41H51N3O12S. The van der Waals surface area contributed by atoms with Crippen LogP contribution in [-0.2, 0) is 78.8 Å². The molecule has 2 aromatic rings. The van der Waals surface area contributed by atoms with Gasteiger partial charge in [-0.3, -0.25) is 24.0 Å². The second-order valence-corrected chi connectivity index (χ2v) is 18.2. The van der Waals surface area contributed by atoms with E-state index in [9.17, 15) is 37.2 Å². The Labute approximate surface area is 332 Å². The fourth-order valence-electron chi connectivity index (χ4n) is 9.92. The summed E-state index contributed by atoms with van der Waals surface area (Å²) in [6.45, 7) is 5.78. The van der Waals surface area contributed by atoms with Crippen LogP contribution >= 0.6 is 0 Å². The van der Waals surface area contributed by atoms with Crippen molar-refractivity contribution in [3.63, 3.8) is 0 Å². The summed E-state index contributed by atoms with van der Waals surface area (Å²) in [5.41, 5.74) is -0.118. The number of esters is 4. The molecule has 4 atom stereocenters. The summed E-state index contributed by atoms with van der Waals surface area (Å²) in [7, 11) is -0.334. The van der Waals surface area contributed by atoms with Gasteiger partial charge in [-0.15, -0.1) is 0 Å². The van der Waals surface area contributed by atoms with Gasteiger partial charge in [-0.05, 0) is 72.6 Å². The number of aromatic amines is 1. The fraction of sp³-hybridized carbons (Fsp3) is 0.561. The lowest BCUT2D eigenvalue weighted by Gasteiger charge is -2.37. The molecule has 1 saturated heterocycles. The van der Waals surface area contributed by atoms with Crippen LogP contribution in [0.2, 0.25) is 0 Å². The van der Waals surface area contributed by atoms with Crippen LogP contribution < -0.4 is 5.32 Å². The number of amides is 2. The number of carbonyl (C=O) groups is 6. The molecular weight excluding hydrogens is 759 g/mol. The third-order valence-corrected chi connectivity index (χ3v) is 15.0. The monoisotopic (exact) mass is 809 g/mol. The van der Waals surface area contributed by atoms with Gasteiger partial charge in [-0.25, -0.2) is 17.5 Å². The van der Waals surface area contributed by atoms with Gasteiger partial charge >= 0.3 is 23.9 Å². The average molecular weight is 810 g/mol. The standard InChI is InChI=1S/C41H51N3O12S/c1-39(2)25-16-17-41(39)23-57(51,52)44(31(41)18-25)32(45)20-29-27(13-15-34(47)54-5)37(49)43-40(29,3)21-30-26(12-14-33(46)53-4)28(19-35(48)55-6)36(42-30)38(50)56-22-24-10-8-7-9-11-24/h7-11,25,31,42H,12-23H2,1-6H3,(H,43,49)/t25-,31-,40-,41-/m1/s1. The van der Waals surface area contributed by atoms with E-state index in [0.29, 0.717) is 24.1 Å². The van der Waals surface area contributed by atoms with Crippen LogP contribution in [0.5, 0.6) is 0 Å². The number of carbonyl (C=O) groups excluding carboxylic acids is 6. The van der Waals surface area contributed by atoms with Gasteiger partial charge < -0.3 is 29.2 Å². The number of aromatic nitrogens is 1. The molecule has 1 spiro atoms. The van der Waals surface area contributed by atoms with Crippen molar-refractivity contribution in [1.29, 1.82) is 0 Å². The lowest BCUT2D eigenvalue weighted by Crippen LogP contribution is -2.47. The molecule has 1 aromatic carbocycles. The zero-order valence-electron chi connectivity index (χ0n) is 33.3. The molecule has 3 heterocycles. The molecule has 16 heteroatoms. The average Bonchev–Trinajstić information content (AvgIpc) is 3.85. The molecule has 308 valence electrons. The van der Waals surface area contributed by atoms with Crippen molar-refractivity contribution in [3.8, 4) is 0 Å². The third kappa shape index (κ3) is 7.60. The first-order valence-electron chi connectivity index (χ1n) is 19.2. The summed E-state index contributed by atoms with van der Waals surface area (Å²) in [5.74, 6) is -3.65. The van der Waals surface area contributed by atoms with Gasteiger partial charge in [0.05, 0.1) is 51.5 Å². The maximum Gasteiger partial charge on any atom is 0.355 e. The first-order valence-corrected chi connectivity index (χ1v) is 20.8. The number of sulfonamides is 1. The van der Waals surface area contributed by atoms with Crippen molar-refractivity contribution in [2.75, 3.05) is 27.1 Å². The Morgan fingerprint density at radius 2 is 1.53 bits per heavy atom. The summed E-state index contributed by atoms with van der Waals surface area (Å²) < 4.78 is 49.2. The van der Waals surface area contributed by atoms with Gasteiger partial charge in [0.25, 0.3) is 0 Å². The minimum absolute atomic E-state index is 0.0146. The molecule has 2 N–H and O–H groups in total. The zero-order valence-corrected chi connectivity index (χ0v) is 34.1. The Morgan fingerprint density at radius 1 is 0.877 bits per heavy atom. The number of methoxy groups -OCH3 is 3. The molecule has 4 aliphatic rings. The van der Waals surface area contributed by atoms with E-state index in [0.717, 1.165) is 16.3 Å². The summed E-state index contributed by atoms with van der Waals surface area (Å²) >= 11 is 0. The highest BCUT2D eigenvalue weighted by Crippen LogP contribution is 2.70. The van der Waals surface area contributed by atoms with Crippen molar-refractivity contribution < 1.29 is 56.1 Å². The number of ether oxygens (including phenoxy) is 4. The highest BCUT2D eigenvalue weighted by Gasteiger charge is 2.72. The summed E-state index contributed by atoms with van der Waals surface area (Å²) in [5, 5.41) is 2.98. The second kappa shape index (κ2) is 15.7. The van der Waals surface area contributed by atoms with Crippen LogP contribution in [0.3, 0.4) is 0 Å². The van der Waals surface area contributed by atoms with E-state index in [4.69, 9.17) is 18.9 Å². The van der Waals surface area contributed by atoms with Crippen LogP contribution in [-0.4, -0.2) is 92.1 Å². The van der Waals surface area contributed by atoms with Gasteiger partial charge in [0.2, 0.25) is 21.8 Å². The van der Waals surface area contributed by atoms with Crippen molar-refractivity contribution in [3.05, 3.63) is 69.6 Å². The SMILES string of the molecule is COC(=O)CCC1=C(CC(=O)N2[C@@H]3C[C@H]4CC[C@]3(CS2(=O)=O)C4(C)C)[C@@](C)(Cc2[nH]c(C(=O)OCc3ccccc3)c(CC(=O)OC)c2CCC(=O)OC)NC1=O. The number of hydrogen-bond acceptors (Lipinski definition) is 12. The Morgan fingerprint density at radius 3 is 2.16 bits per heavy atom. The van der Waals surface area contributed by atoms with Crippen LogP contribution in [0.15, 0.2) is 41.5 Å².